The molecule has 1 aromatic heterocycles. The number of rotatable bonds is 8. The lowest BCUT2D eigenvalue weighted by Gasteiger charge is -2.10. The number of benzene rings is 2. The molecule has 0 saturated heterocycles. The highest BCUT2D eigenvalue weighted by Crippen LogP contribution is 2.35. The maximum absolute atomic E-state index is 6.35. The fraction of sp³-hybridized carbons (Fsp3) is 0.250. The van der Waals surface area contributed by atoms with E-state index in [1.54, 1.807) is 24.5 Å². The third kappa shape index (κ3) is 6.06. The predicted molar refractivity (Wildman–Crippen MR) is 118 cm³/mol. The molecule has 29 heavy (non-hydrogen) atoms. The van der Waals surface area contributed by atoms with Crippen molar-refractivity contribution < 1.29 is 9.47 Å². The van der Waals surface area contributed by atoms with Gasteiger partial charge < -0.3 is 14.4 Å². The summed E-state index contributed by atoms with van der Waals surface area (Å²) in [5, 5.41) is 1.52. The molecule has 0 saturated carbocycles. The van der Waals surface area contributed by atoms with E-state index in [1.807, 2.05) is 44.0 Å². The van der Waals surface area contributed by atoms with Gasteiger partial charge in [0.2, 0.25) is 0 Å². The Labute approximate surface area is 183 Å². The molecule has 0 unspecified atom stereocenters. The number of halogens is 2. The second kappa shape index (κ2) is 9.91. The molecule has 0 fully saturated rings. The van der Waals surface area contributed by atoms with Gasteiger partial charge in [-0.1, -0.05) is 29.3 Å². The van der Waals surface area contributed by atoms with Crippen molar-refractivity contribution in [1.29, 1.82) is 0 Å². The van der Waals surface area contributed by atoms with Gasteiger partial charge in [0.25, 0.3) is 5.19 Å². The molecule has 0 spiro atoms. The van der Waals surface area contributed by atoms with E-state index >= 15 is 0 Å². The van der Waals surface area contributed by atoms with Gasteiger partial charge in [0.1, 0.15) is 18.1 Å². The molecule has 1 heterocycles. The Hall–Kier alpha value is -2.35. The molecule has 2 aromatic carbocycles. The van der Waals surface area contributed by atoms with Gasteiger partial charge >= 0.3 is 0 Å². The number of hydrogen-bond acceptors (Lipinski definition) is 6. The molecule has 0 N–H and O–H groups in total. The second-order valence-corrected chi connectivity index (χ2v) is 7.77. The molecular formula is C20H20Cl2N4O2S. The monoisotopic (exact) mass is 450 g/mol. The van der Waals surface area contributed by atoms with Crippen molar-refractivity contribution in [3.05, 3.63) is 57.8 Å². The molecule has 152 valence electrons. The lowest BCUT2D eigenvalue weighted by molar-refractivity contribution is 0.296. The number of ether oxygens (including phenoxy) is 2. The van der Waals surface area contributed by atoms with Crippen LogP contribution in [0.1, 0.15) is 18.3 Å². The first kappa shape index (κ1) is 21.4. The first-order valence-electron chi connectivity index (χ1n) is 8.88. The van der Waals surface area contributed by atoms with Crippen molar-refractivity contribution in [3.63, 3.8) is 0 Å². The zero-order valence-electron chi connectivity index (χ0n) is 16.2. The van der Waals surface area contributed by atoms with Gasteiger partial charge in [0.05, 0.1) is 17.0 Å². The Morgan fingerprint density at radius 2 is 2.07 bits per heavy atom. The van der Waals surface area contributed by atoms with Crippen molar-refractivity contribution in [2.75, 3.05) is 13.6 Å². The van der Waals surface area contributed by atoms with Crippen molar-refractivity contribution >= 4 is 46.8 Å². The van der Waals surface area contributed by atoms with E-state index in [-0.39, 0.29) is 6.61 Å². The van der Waals surface area contributed by atoms with Crippen molar-refractivity contribution in [2.45, 2.75) is 20.5 Å². The van der Waals surface area contributed by atoms with Gasteiger partial charge in [-0.3, -0.25) is 0 Å². The number of aromatic nitrogens is 2. The SMILES string of the molecule is CCN(C)C=Nc1cc(C)c(Oc2nc(COc3cccc(Cl)c3)ns2)cc1Cl. The summed E-state index contributed by atoms with van der Waals surface area (Å²) in [6, 6.07) is 10.8. The highest BCUT2D eigenvalue weighted by Gasteiger charge is 2.12. The third-order valence-corrected chi connectivity index (χ3v) is 5.12. The number of nitrogens with zero attached hydrogens (tertiary/aromatic N) is 4. The summed E-state index contributed by atoms with van der Waals surface area (Å²) in [6.45, 7) is 5.06. The van der Waals surface area contributed by atoms with Crippen LogP contribution in [0.4, 0.5) is 5.69 Å². The predicted octanol–water partition coefficient (Wildman–Crippen LogP) is 6.14. The standard InChI is InChI=1S/C20H20Cl2N4O2S/c1-4-26(3)12-23-17-8-13(2)18(10-16(17)22)28-20-24-19(25-29-20)11-27-15-7-5-6-14(21)9-15/h5-10,12H,4,11H2,1-3H3. The van der Waals surface area contributed by atoms with Crippen LogP contribution in [0.5, 0.6) is 16.7 Å². The van der Waals surface area contributed by atoms with E-state index in [9.17, 15) is 0 Å². The van der Waals surface area contributed by atoms with Crippen LogP contribution in [0, 0.1) is 6.92 Å². The fourth-order valence-electron chi connectivity index (χ4n) is 2.24. The van der Waals surface area contributed by atoms with Gasteiger partial charge in [-0.05, 0) is 43.7 Å². The Balaban J connectivity index is 1.66. The van der Waals surface area contributed by atoms with Crippen molar-refractivity contribution in [2.24, 2.45) is 4.99 Å². The Morgan fingerprint density at radius 3 is 2.83 bits per heavy atom. The minimum atomic E-state index is 0.221. The first-order chi connectivity index (χ1) is 13.9. The second-order valence-electron chi connectivity index (χ2n) is 6.21. The van der Waals surface area contributed by atoms with Crippen molar-refractivity contribution in [1.82, 2.24) is 14.3 Å². The number of aliphatic imine (C=N–C) groups is 1. The molecule has 0 aliphatic carbocycles. The van der Waals surface area contributed by atoms with Gasteiger partial charge in [-0.25, -0.2) is 4.99 Å². The molecule has 0 amide bonds. The van der Waals surface area contributed by atoms with Gasteiger partial charge in [-0.2, -0.15) is 9.36 Å². The van der Waals surface area contributed by atoms with Gasteiger partial charge in [-0.15, -0.1) is 0 Å². The van der Waals surface area contributed by atoms with E-state index in [2.05, 4.69) is 14.3 Å². The minimum absolute atomic E-state index is 0.221. The molecule has 0 bridgehead atoms. The van der Waals surface area contributed by atoms with E-state index in [0.29, 0.717) is 38.2 Å². The van der Waals surface area contributed by atoms with Crippen LogP contribution < -0.4 is 9.47 Å². The summed E-state index contributed by atoms with van der Waals surface area (Å²) in [6.07, 6.45) is 1.75. The molecular weight excluding hydrogens is 431 g/mol. The summed E-state index contributed by atoms with van der Waals surface area (Å²) < 4.78 is 15.8. The van der Waals surface area contributed by atoms with Crippen LogP contribution in [-0.2, 0) is 6.61 Å². The number of aryl methyl sites for hydroxylation is 1. The molecule has 3 aromatic rings. The van der Waals surface area contributed by atoms with Crippen LogP contribution >= 0.6 is 34.7 Å². The summed E-state index contributed by atoms with van der Waals surface area (Å²) in [5.41, 5.74) is 1.58. The lowest BCUT2D eigenvalue weighted by Crippen LogP contribution is -2.14. The zero-order chi connectivity index (χ0) is 20.8. The molecule has 6 nitrogen and oxygen atoms in total. The maximum Gasteiger partial charge on any atom is 0.298 e. The fourth-order valence-corrected chi connectivity index (χ4v) is 3.17. The van der Waals surface area contributed by atoms with Crippen LogP contribution in [0.3, 0.4) is 0 Å². The van der Waals surface area contributed by atoms with Gasteiger partial charge in [0, 0.05) is 36.2 Å². The topological polar surface area (TPSA) is 59.8 Å². The van der Waals surface area contributed by atoms with E-state index < -0.39 is 0 Å². The highest BCUT2D eigenvalue weighted by molar-refractivity contribution is 7.07. The Kier molecular flexibility index (Phi) is 7.30. The maximum atomic E-state index is 6.35. The quantitative estimate of drug-likeness (QED) is 0.304. The first-order valence-corrected chi connectivity index (χ1v) is 10.4. The highest BCUT2D eigenvalue weighted by atomic mass is 35.5. The van der Waals surface area contributed by atoms with E-state index in [1.165, 1.54) is 0 Å². The van der Waals surface area contributed by atoms with Crippen LogP contribution in [0.2, 0.25) is 10.0 Å². The largest absolute Gasteiger partial charge is 0.486 e. The number of hydrogen-bond donors (Lipinski definition) is 0. The van der Waals surface area contributed by atoms with Crippen LogP contribution in [-0.4, -0.2) is 34.2 Å². The van der Waals surface area contributed by atoms with E-state index in [4.69, 9.17) is 32.7 Å². The average Bonchev–Trinajstić information content (AvgIpc) is 3.15. The molecule has 9 heteroatoms. The summed E-state index contributed by atoms with van der Waals surface area (Å²) in [5.74, 6) is 1.79. The zero-order valence-corrected chi connectivity index (χ0v) is 18.6. The molecule has 3 rings (SSSR count). The average molecular weight is 451 g/mol. The minimum Gasteiger partial charge on any atom is -0.486 e. The Morgan fingerprint density at radius 1 is 1.24 bits per heavy atom. The lowest BCUT2D eigenvalue weighted by atomic mass is 10.2. The molecule has 0 aliphatic heterocycles. The van der Waals surface area contributed by atoms with Crippen LogP contribution in [0.15, 0.2) is 41.4 Å². The molecule has 0 atom stereocenters. The molecule has 0 aliphatic rings. The smallest absolute Gasteiger partial charge is 0.298 e. The summed E-state index contributed by atoms with van der Waals surface area (Å²) >= 11 is 13.5. The normalized spacial score (nSPS) is 11.1. The van der Waals surface area contributed by atoms with Gasteiger partial charge in [0.15, 0.2) is 5.82 Å². The van der Waals surface area contributed by atoms with Crippen molar-refractivity contribution in [3.8, 4) is 16.7 Å². The molecule has 0 radical (unpaired) electrons. The summed E-state index contributed by atoms with van der Waals surface area (Å²) in [7, 11) is 1.95. The Bertz CT molecular complexity index is 1010. The van der Waals surface area contributed by atoms with E-state index in [0.717, 1.165) is 23.6 Å². The summed E-state index contributed by atoms with van der Waals surface area (Å²) in [4.78, 5) is 10.7. The van der Waals surface area contributed by atoms with Crippen LogP contribution in [0.25, 0.3) is 0 Å². The third-order valence-electron chi connectivity index (χ3n) is 3.95.